The molecule has 6 heteroatoms. The molecule has 0 saturated carbocycles. The van der Waals surface area contributed by atoms with Gasteiger partial charge in [0.15, 0.2) is 0 Å². The minimum absolute atomic E-state index is 0.0454. The Morgan fingerprint density at radius 1 is 1.29 bits per heavy atom. The average Bonchev–Trinajstić information content (AvgIpc) is 3.20. The summed E-state index contributed by atoms with van der Waals surface area (Å²) in [5, 5.41) is 3.00. The molecule has 1 aliphatic heterocycles. The lowest BCUT2D eigenvalue weighted by Crippen LogP contribution is -2.47. The zero-order valence-electron chi connectivity index (χ0n) is 14.4. The molecule has 1 aromatic carbocycles. The van der Waals surface area contributed by atoms with Gasteiger partial charge in [0.1, 0.15) is 11.9 Å². The van der Waals surface area contributed by atoms with Gasteiger partial charge in [-0.1, -0.05) is 26.0 Å². The van der Waals surface area contributed by atoms with Crippen LogP contribution in [-0.2, 0) is 9.59 Å². The van der Waals surface area contributed by atoms with Crippen molar-refractivity contribution < 1.29 is 9.59 Å². The molecular formula is C18H24N4O2. The number of H-pyrrole nitrogens is 1. The summed E-state index contributed by atoms with van der Waals surface area (Å²) in [4.78, 5) is 34.4. The first-order chi connectivity index (χ1) is 11.5. The van der Waals surface area contributed by atoms with Gasteiger partial charge in [-0.2, -0.15) is 0 Å². The molecule has 0 bridgehead atoms. The molecule has 2 aromatic rings. The Balaban J connectivity index is 1.70. The standard InChI is InChI=1S/C18H24N4O2/c1-11(2)18(24)22-10-6-9-15(22)17(23)19-12(3)16-20-13-7-4-5-8-14(13)21-16/h4-5,7-8,11-12,15H,6,9-10H2,1-3H3,(H,19,23)(H,20,21). The van der Waals surface area contributed by atoms with E-state index < -0.39 is 0 Å². The van der Waals surface area contributed by atoms with Crippen molar-refractivity contribution in [2.75, 3.05) is 6.54 Å². The number of fused-ring (bicyclic) bond motifs is 1. The van der Waals surface area contributed by atoms with E-state index in [1.165, 1.54) is 0 Å². The maximum atomic E-state index is 12.6. The number of rotatable bonds is 4. The van der Waals surface area contributed by atoms with Crippen LogP contribution in [0.15, 0.2) is 24.3 Å². The Hall–Kier alpha value is -2.37. The SMILES string of the molecule is CC(C)C(=O)N1CCCC1C(=O)NC(C)c1nc2ccccc2[nH]1. The summed E-state index contributed by atoms with van der Waals surface area (Å²) in [6, 6.07) is 7.17. The molecule has 2 N–H and O–H groups in total. The van der Waals surface area contributed by atoms with Crippen LogP contribution in [0, 0.1) is 5.92 Å². The van der Waals surface area contributed by atoms with Crippen LogP contribution in [0.1, 0.15) is 45.5 Å². The van der Waals surface area contributed by atoms with Gasteiger partial charge in [0.25, 0.3) is 0 Å². The number of hydrogen-bond donors (Lipinski definition) is 2. The van der Waals surface area contributed by atoms with Crippen molar-refractivity contribution in [3.05, 3.63) is 30.1 Å². The lowest BCUT2D eigenvalue weighted by molar-refractivity contribution is -0.141. The molecule has 0 spiro atoms. The molecule has 1 saturated heterocycles. The molecule has 128 valence electrons. The number of aromatic nitrogens is 2. The summed E-state index contributed by atoms with van der Waals surface area (Å²) in [5.74, 6) is 0.578. The van der Waals surface area contributed by atoms with Gasteiger partial charge >= 0.3 is 0 Å². The lowest BCUT2D eigenvalue weighted by Gasteiger charge is -2.26. The van der Waals surface area contributed by atoms with E-state index in [-0.39, 0.29) is 29.8 Å². The first-order valence-corrected chi connectivity index (χ1v) is 8.53. The van der Waals surface area contributed by atoms with E-state index in [4.69, 9.17) is 0 Å². The van der Waals surface area contributed by atoms with Crippen LogP contribution in [-0.4, -0.2) is 39.3 Å². The summed E-state index contributed by atoms with van der Waals surface area (Å²) in [6.07, 6.45) is 1.59. The fourth-order valence-corrected chi connectivity index (χ4v) is 3.19. The van der Waals surface area contributed by atoms with Gasteiger partial charge in [-0.3, -0.25) is 9.59 Å². The molecule has 3 rings (SSSR count). The average molecular weight is 328 g/mol. The quantitative estimate of drug-likeness (QED) is 0.904. The summed E-state index contributed by atoms with van der Waals surface area (Å²) >= 11 is 0. The topological polar surface area (TPSA) is 78.1 Å². The zero-order chi connectivity index (χ0) is 17.3. The van der Waals surface area contributed by atoms with Gasteiger partial charge < -0.3 is 15.2 Å². The molecule has 0 aliphatic carbocycles. The highest BCUT2D eigenvalue weighted by molar-refractivity contribution is 5.89. The Morgan fingerprint density at radius 3 is 2.75 bits per heavy atom. The highest BCUT2D eigenvalue weighted by Gasteiger charge is 2.35. The molecule has 1 aromatic heterocycles. The third-order valence-electron chi connectivity index (χ3n) is 4.51. The first-order valence-electron chi connectivity index (χ1n) is 8.53. The minimum Gasteiger partial charge on any atom is -0.345 e. The largest absolute Gasteiger partial charge is 0.345 e. The predicted molar refractivity (Wildman–Crippen MR) is 92.2 cm³/mol. The van der Waals surface area contributed by atoms with Gasteiger partial charge in [-0.15, -0.1) is 0 Å². The smallest absolute Gasteiger partial charge is 0.243 e. The Bertz CT molecular complexity index is 719. The molecule has 2 unspecified atom stereocenters. The van der Waals surface area contributed by atoms with Crippen LogP contribution >= 0.6 is 0 Å². The Labute approximate surface area is 141 Å². The molecule has 2 atom stereocenters. The number of aromatic amines is 1. The fraction of sp³-hybridized carbons (Fsp3) is 0.500. The number of nitrogens with zero attached hydrogens (tertiary/aromatic N) is 2. The first kappa shape index (κ1) is 16.5. The number of benzene rings is 1. The van der Waals surface area contributed by atoms with Crippen LogP contribution in [0.4, 0.5) is 0 Å². The Morgan fingerprint density at radius 2 is 2.04 bits per heavy atom. The zero-order valence-corrected chi connectivity index (χ0v) is 14.4. The van der Waals surface area contributed by atoms with E-state index in [0.717, 1.165) is 29.7 Å². The molecule has 2 amide bonds. The molecule has 2 heterocycles. The maximum Gasteiger partial charge on any atom is 0.243 e. The summed E-state index contributed by atoms with van der Waals surface area (Å²) in [5.41, 5.74) is 1.83. The van der Waals surface area contributed by atoms with E-state index in [9.17, 15) is 9.59 Å². The van der Waals surface area contributed by atoms with Crippen molar-refractivity contribution in [2.45, 2.75) is 45.7 Å². The van der Waals surface area contributed by atoms with Crippen molar-refractivity contribution in [1.29, 1.82) is 0 Å². The molecule has 6 nitrogen and oxygen atoms in total. The molecule has 0 radical (unpaired) electrons. The van der Waals surface area contributed by atoms with Gasteiger partial charge in [0.05, 0.1) is 17.1 Å². The van der Waals surface area contributed by atoms with E-state index in [1.54, 1.807) is 4.90 Å². The third kappa shape index (κ3) is 3.13. The summed E-state index contributed by atoms with van der Waals surface area (Å²) in [6.45, 7) is 6.30. The van der Waals surface area contributed by atoms with Crippen LogP contribution < -0.4 is 5.32 Å². The minimum atomic E-state index is -0.369. The second-order valence-corrected chi connectivity index (χ2v) is 6.71. The highest BCUT2D eigenvalue weighted by Crippen LogP contribution is 2.21. The van der Waals surface area contributed by atoms with Crippen molar-refractivity contribution >= 4 is 22.8 Å². The Kier molecular flexibility index (Phi) is 4.55. The number of carbonyl (C=O) groups is 2. The van der Waals surface area contributed by atoms with E-state index in [1.807, 2.05) is 45.0 Å². The third-order valence-corrected chi connectivity index (χ3v) is 4.51. The van der Waals surface area contributed by atoms with Crippen molar-refractivity contribution in [1.82, 2.24) is 20.2 Å². The van der Waals surface area contributed by atoms with Gasteiger partial charge in [-0.25, -0.2) is 4.98 Å². The van der Waals surface area contributed by atoms with Crippen LogP contribution in [0.25, 0.3) is 11.0 Å². The van der Waals surface area contributed by atoms with Crippen molar-refractivity contribution in [2.24, 2.45) is 5.92 Å². The van der Waals surface area contributed by atoms with Crippen LogP contribution in [0.5, 0.6) is 0 Å². The number of likely N-dealkylation sites (tertiary alicyclic amines) is 1. The van der Waals surface area contributed by atoms with E-state index >= 15 is 0 Å². The van der Waals surface area contributed by atoms with Gasteiger partial charge in [-0.05, 0) is 31.9 Å². The molecule has 1 aliphatic rings. The van der Waals surface area contributed by atoms with Crippen molar-refractivity contribution in [3.8, 4) is 0 Å². The number of carbonyl (C=O) groups excluding carboxylic acids is 2. The fourth-order valence-electron chi connectivity index (χ4n) is 3.19. The normalized spacial score (nSPS) is 19.0. The molecular weight excluding hydrogens is 304 g/mol. The van der Waals surface area contributed by atoms with Crippen molar-refractivity contribution in [3.63, 3.8) is 0 Å². The van der Waals surface area contributed by atoms with Gasteiger partial charge in [0, 0.05) is 12.5 Å². The summed E-state index contributed by atoms with van der Waals surface area (Å²) in [7, 11) is 0. The molecule has 1 fully saturated rings. The number of nitrogens with one attached hydrogen (secondary N) is 2. The van der Waals surface area contributed by atoms with Crippen LogP contribution in [0.2, 0.25) is 0 Å². The van der Waals surface area contributed by atoms with Crippen LogP contribution in [0.3, 0.4) is 0 Å². The lowest BCUT2D eigenvalue weighted by atomic mass is 10.1. The number of amides is 2. The number of hydrogen-bond acceptors (Lipinski definition) is 3. The monoisotopic (exact) mass is 328 g/mol. The second kappa shape index (κ2) is 6.63. The van der Waals surface area contributed by atoms with E-state index in [2.05, 4.69) is 15.3 Å². The highest BCUT2D eigenvalue weighted by atomic mass is 16.2. The maximum absolute atomic E-state index is 12.6. The van der Waals surface area contributed by atoms with Gasteiger partial charge in [0.2, 0.25) is 11.8 Å². The predicted octanol–water partition coefficient (Wildman–Crippen LogP) is 2.39. The number of imidazole rings is 1. The second-order valence-electron chi connectivity index (χ2n) is 6.71. The number of para-hydroxylation sites is 2. The summed E-state index contributed by atoms with van der Waals surface area (Å²) < 4.78 is 0. The molecule has 24 heavy (non-hydrogen) atoms. The van der Waals surface area contributed by atoms with E-state index in [0.29, 0.717) is 6.54 Å².